The van der Waals surface area contributed by atoms with Crippen LogP contribution in [-0.2, 0) is 0 Å². The first-order valence-electron chi connectivity index (χ1n) is 8.03. The molecule has 3 N–H and O–H groups in total. The zero-order valence-electron chi connectivity index (χ0n) is 14.6. The molecule has 3 aromatic rings. The van der Waals surface area contributed by atoms with E-state index in [2.05, 4.69) is 20.5 Å². The van der Waals surface area contributed by atoms with Crippen LogP contribution in [0.3, 0.4) is 0 Å². The molecule has 0 spiro atoms. The van der Waals surface area contributed by atoms with E-state index in [0.717, 1.165) is 0 Å². The number of hydrogen-bond donors (Lipinski definition) is 2. The predicted octanol–water partition coefficient (Wildman–Crippen LogP) is 4.69. The Labute approximate surface area is 163 Å². The van der Waals surface area contributed by atoms with Gasteiger partial charge in [-0.25, -0.2) is 18.2 Å². The summed E-state index contributed by atoms with van der Waals surface area (Å²) in [6, 6.07) is 8.52. The largest absolute Gasteiger partial charge is 0.469 e. The zero-order valence-corrected chi connectivity index (χ0v) is 15.3. The predicted molar refractivity (Wildman–Crippen MR) is 100 cm³/mol. The van der Waals surface area contributed by atoms with Crippen LogP contribution >= 0.6 is 11.6 Å². The van der Waals surface area contributed by atoms with Gasteiger partial charge in [0.25, 0.3) is 11.8 Å². The molecule has 2 heterocycles. The van der Waals surface area contributed by atoms with Crippen LogP contribution in [0.15, 0.2) is 42.6 Å². The lowest BCUT2D eigenvalue weighted by atomic mass is 10.1. The minimum Gasteiger partial charge on any atom is -0.469 e. The summed E-state index contributed by atoms with van der Waals surface area (Å²) in [5, 5.41) is 11.0. The van der Waals surface area contributed by atoms with Gasteiger partial charge in [0.1, 0.15) is 17.3 Å². The smallest absolute Gasteiger partial charge is 0.278 e. The SMILES string of the molecule is CC(F)(F)COc1nnc(-c2cc(Cl)ccc2F)cc1Nc1ccnc(N)c1. The second kappa shape index (κ2) is 7.89. The lowest BCUT2D eigenvalue weighted by Gasteiger charge is -2.15. The van der Waals surface area contributed by atoms with E-state index in [1.165, 1.54) is 36.5 Å². The van der Waals surface area contributed by atoms with Gasteiger partial charge in [0.15, 0.2) is 6.61 Å². The molecule has 10 heteroatoms. The van der Waals surface area contributed by atoms with Crippen molar-refractivity contribution < 1.29 is 17.9 Å². The number of nitrogens with two attached hydrogens (primary N) is 1. The molecule has 0 bridgehead atoms. The van der Waals surface area contributed by atoms with Crippen LogP contribution in [0.1, 0.15) is 6.92 Å². The summed E-state index contributed by atoms with van der Waals surface area (Å²) >= 11 is 5.93. The molecule has 0 radical (unpaired) electrons. The maximum absolute atomic E-state index is 14.2. The number of aromatic nitrogens is 3. The Morgan fingerprint density at radius 2 is 1.96 bits per heavy atom. The Kier molecular flexibility index (Phi) is 5.55. The second-order valence-electron chi connectivity index (χ2n) is 6.03. The maximum Gasteiger partial charge on any atom is 0.278 e. The lowest BCUT2D eigenvalue weighted by molar-refractivity contribution is -0.0242. The molecular formula is C18H15ClF3N5O. The highest BCUT2D eigenvalue weighted by Crippen LogP contribution is 2.32. The van der Waals surface area contributed by atoms with Gasteiger partial charge in [0.2, 0.25) is 0 Å². The molecule has 0 atom stereocenters. The van der Waals surface area contributed by atoms with E-state index in [1.807, 2.05) is 0 Å². The molecular weight excluding hydrogens is 395 g/mol. The minimum absolute atomic E-state index is 0.102. The van der Waals surface area contributed by atoms with Gasteiger partial charge in [0.05, 0.1) is 5.69 Å². The van der Waals surface area contributed by atoms with Gasteiger partial charge in [-0.1, -0.05) is 11.6 Å². The fourth-order valence-corrected chi connectivity index (χ4v) is 2.45. The van der Waals surface area contributed by atoms with Gasteiger partial charge >= 0.3 is 0 Å². The zero-order chi connectivity index (χ0) is 20.3. The van der Waals surface area contributed by atoms with Crippen LogP contribution in [-0.4, -0.2) is 27.7 Å². The van der Waals surface area contributed by atoms with Crippen LogP contribution in [0.4, 0.5) is 30.4 Å². The van der Waals surface area contributed by atoms with Gasteiger partial charge in [-0.2, -0.15) is 0 Å². The van der Waals surface area contributed by atoms with Gasteiger partial charge in [0, 0.05) is 35.5 Å². The molecule has 0 amide bonds. The molecule has 146 valence electrons. The quantitative estimate of drug-likeness (QED) is 0.614. The molecule has 0 saturated carbocycles. The number of nitrogen functional groups attached to an aromatic ring is 1. The molecule has 0 saturated heterocycles. The van der Waals surface area contributed by atoms with Crippen molar-refractivity contribution in [3.63, 3.8) is 0 Å². The van der Waals surface area contributed by atoms with Crippen LogP contribution < -0.4 is 15.8 Å². The molecule has 0 aliphatic heterocycles. The van der Waals surface area contributed by atoms with Crippen molar-refractivity contribution in [3.05, 3.63) is 53.4 Å². The Morgan fingerprint density at radius 3 is 2.68 bits per heavy atom. The molecule has 0 aliphatic rings. The summed E-state index contributed by atoms with van der Waals surface area (Å²) in [5.74, 6) is -3.57. The molecule has 0 unspecified atom stereocenters. The number of alkyl halides is 2. The Hall–Kier alpha value is -3.07. The fraction of sp³-hybridized carbons (Fsp3) is 0.167. The minimum atomic E-state index is -3.07. The first-order valence-corrected chi connectivity index (χ1v) is 8.41. The first-order chi connectivity index (χ1) is 13.2. The van der Waals surface area contributed by atoms with Gasteiger partial charge < -0.3 is 15.8 Å². The van der Waals surface area contributed by atoms with Crippen molar-refractivity contribution in [2.45, 2.75) is 12.8 Å². The summed E-state index contributed by atoms with van der Waals surface area (Å²) in [6.07, 6.45) is 1.46. The first kappa shape index (κ1) is 19.7. The van der Waals surface area contributed by atoms with Gasteiger partial charge in [-0.3, -0.25) is 0 Å². The van der Waals surface area contributed by atoms with E-state index < -0.39 is 18.3 Å². The van der Waals surface area contributed by atoms with Crippen molar-refractivity contribution in [2.24, 2.45) is 0 Å². The Morgan fingerprint density at radius 1 is 1.18 bits per heavy atom. The molecule has 2 aromatic heterocycles. The van der Waals surface area contributed by atoms with E-state index in [1.54, 1.807) is 6.07 Å². The highest BCUT2D eigenvalue weighted by Gasteiger charge is 2.24. The highest BCUT2D eigenvalue weighted by atomic mass is 35.5. The number of rotatable bonds is 6. The molecule has 0 fully saturated rings. The maximum atomic E-state index is 14.2. The average molecular weight is 410 g/mol. The van der Waals surface area contributed by atoms with E-state index >= 15 is 0 Å². The number of pyridine rings is 1. The van der Waals surface area contributed by atoms with Crippen molar-refractivity contribution in [3.8, 4) is 17.1 Å². The Balaban J connectivity index is 2.01. The van der Waals surface area contributed by atoms with Gasteiger partial charge in [-0.05, 0) is 30.3 Å². The van der Waals surface area contributed by atoms with Gasteiger partial charge in [-0.15, -0.1) is 10.2 Å². The third kappa shape index (κ3) is 5.01. The van der Waals surface area contributed by atoms with E-state index in [9.17, 15) is 13.2 Å². The van der Waals surface area contributed by atoms with Crippen LogP contribution in [0.25, 0.3) is 11.3 Å². The van der Waals surface area contributed by atoms with Crippen LogP contribution in [0.5, 0.6) is 5.88 Å². The summed E-state index contributed by atoms with van der Waals surface area (Å²) in [7, 11) is 0. The number of nitrogens with zero attached hydrogens (tertiary/aromatic N) is 3. The van der Waals surface area contributed by atoms with Crippen molar-refractivity contribution in [2.75, 3.05) is 17.7 Å². The molecule has 6 nitrogen and oxygen atoms in total. The van der Waals surface area contributed by atoms with Crippen molar-refractivity contribution in [1.82, 2.24) is 15.2 Å². The fourth-order valence-electron chi connectivity index (χ4n) is 2.28. The summed E-state index contributed by atoms with van der Waals surface area (Å²) in [5.41, 5.74) is 6.59. The lowest BCUT2D eigenvalue weighted by Crippen LogP contribution is -2.21. The van der Waals surface area contributed by atoms with Crippen molar-refractivity contribution >= 4 is 28.8 Å². The third-order valence-corrected chi connectivity index (χ3v) is 3.72. The molecule has 3 rings (SSSR count). The molecule has 0 aliphatic carbocycles. The average Bonchev–Trinajstić information content (AvgIpc) is 2.62. The normalized spacial score (nSPS) is 11.3. The molecule has 1 aromatic carbocycles. The van der Waals surface area contributed by atoms with Crippen LogP contribution in [0, 0.1) is 5.82 Å². The Bertz CT molecular complexity index is 997. The second-order valence-corrected chi connectivity index (χ2v) is 6.46. The number of anilines is 3. The standard InChI is InChI=1S/C18H15ClF3N5O/c1-18(21,22)9-28-17-15(25-11-4-5-24-16(23)7-11)8-14(26-27-17)12-6-10(19)2-3-13(12)20/h2-8H,9H2,1H3,(H3,23,24,25,26). The summed E-state index contributed by atoms with van der Waals surface area (Å²) in [6.45, 7) is -0.188. The highest BCUT2D eigenvalue weighted by molar-refractivity contribution is 6.30. The number of nitrogens with one attached hydrogen (secondary N) is 1. The summed E-state index contributed by atoms with van der Waals surface area (Å²) < 4.78 is 45.6. The van der Waals surface area contributed by atoms with Crippen molar-refractivity contribution in [1.29, 1.82) is 0 Å². The number of halogens is 4. The molecule has 28 heavy (non-hydrogen) atoms. The van der Waals surface area contributed by atoms with E-state index in [-0.39, 0.29) is 28.6 Å². The monoisotopic (exact) mass is 409 g/mol. The number of ether oxygens (including phenoxy) is 1. The third-order valence-electron chi connectivity index (χ3n) is 3.49. The topological polar surface area (TPSA) is 86.0 Å². The van der Waals surface area contributed by atoms with Crippen LogP contribution in [0.2, 0.25) is 5.02 Å². The number of hydrogen-bond acceptors (Lipinski definition) is 6. The van der Waals surface area contributed by atoms with E-state index in [4.69, 9.17) is 22.1 Å². The summed E-state index contributed by atoms with van der Waals surface area (Å²) in [4.78, 5) is 3.87. The number of benzene rings is 1. The van der Waals surface area contributed by atoms with E-state index in [0.29, 0.717) is 17.6 Å².